The SMILES string of the molecule is CCC(O)(C(C=N)SCSc1ccnc(C)c1)C(F)(F)F. The molecule has 1 aromatic heterocycles. The van der Waals surface area contributed by atoms with Gasteiger partial charge >= 0.3 is 6.18 Å². The number of hydrogen-bond acceptors (Lipinski definition) is 5. The first-order valence-corrected chi connectivity index (χ1v) is 8.24. The normalized spacial score (nSPS) is 16.3. The van der Waals surface area contributed by atoms with Crippen LogP contribution < -0.4 is 0 Å². The van der Waals surface area contributed by atoms with E-state index in [-0.39, 0.29) is 0 Å². The number of thioether (sulfide) groups is 2. The fourth-order valence-corrected chi connectivity index (χ4v) is 4.16. The van der Waals surface area contributed by atoms with Gasteiger partial charge in [-0.15, -0.1) is 23.5 Å². The second kappa shape index (κ2) is 7.51. The molecule has 0 fully saturated rings. The van der Waals surface area contributed by atoms with E-state index < -0.39 is 23.4 Å². The molecular formula is C13H17F3N2OS2. The molecule has 2 N–H and O–H groups in total. The van der Waals surface area contributed by atoms with E-state index in [0.717, 1.165) is 22.4 Å². The van der Waals surface area contributed by atoms with E-state index >= 15 is 0 Å². The van der Waals surface area contributed by atoms with Gasteiger partial charge in [-0.1, -0.05) is 6.92 Å². The van der Waals surface area contributed by atoms with Crippen LogP contribution in [0, 0.1) is 12.3 Å². The Morgan fingerprint density at radius 3 is 2.62 bits per heavy atom. The van der Waals surface area contributed by atoms with Crippen LogP contribution in [0.2, 0.25) is 0 Å². The van der Waals surface area contributed by atoms with Crippen molar-refractivity contribution in [2.45, 2.75) is 42.2 Å². The van der Waals surface area contributed by atoms with Crippen molar-refractivity contribution in [1.29, 1.82) is 5.41 Å². The van der Waals surface area contributed by atoms with Crippen LogP contribution in [0.1, 0.15) is 19.0 Å². The van der Waals surface area contributed by atoms with Crippen molar-refractivity contribution in [3.63, 3.8) is 0 Å². The monoisotopic (exact) mass is 338 g/mol. The number of hydrogen-bond donors (Lipinski definition) is 2. The number of aliphatic hydroxyl groups is 1. The van der Waals surface area contributed by atoms with Crippen LogP contribution >= 0.6 is 23.5 Å². The van der Waals surface area contributed by atoms with Crippen molar-refractivity contribution in [2.75, 3.05) is 5.08 Å². The molecule has 0 bridgehead atoms. The van der Waals surface area contributed by atoms with Gasteiger partial charge in [0, 0.05) is 28.1 Å². The Balaban J connectivity index is 2.68. The summed E-state index contributed by atoms with van der Waals surface area (Å²) in [6.45, 7) is 3.10. The molecule has 0 aromatic carbocycles. The topological polar surface area (TPSA) is 57.0 Å². The lowest BCUT2D eigenvalue weighted by Gasteiger charge is -2.34. The van der Waals surface area contributed by atoms with E-state index in [1.807, 2.05) is 13.0 Å². The standard InChI is InChI=1S/C13H17F3N2OS2/c1-3-12(19,13(14,15)16)11(7-17)21-8-20-10-4-5-18-9(2)6-10/h4-7,11,17,19H,3,8H2,1-2H3. The molecule has 3 nitrogen and oxygen atoms in total. The van der Waals surface area contributed by atoms with Crippen molar-refractivity contribution in [3.8, 4) is 0 Å². The van der Waals surface area contributed by atoms with Crippen LogP contribution in [0.4, 0.5) is 13.2 Å². The van der Waals surface area contributed by atoms with Gasteiger partial charge in [-0.05, 0) is 25.5 Å². The highest BCUT2D eigenvalue weighted by atomic mass is 32.2. The number of nitrogens with zero attached hydrogens (tertiary/aromatic N) is 1. The first-order valence-electron chi connectivity index (χ1n) is 6.21. The summed E-state index contributed by atoms with van der Waals surface area (Å²) < 4.78 is 38.9. The molecule has 0 aliphatic carbocycles. The second-order valence-electron chi connectivity index (χ2n) is 4.42. The maximum Gasteiger partial charge on any atom is 0.418 e. The summed E-state index contributed by atoms with van der Waals surface area (Å²) in [7, 11) is 0. The number of alkyl halides is 3. The van der Waals surface area contributed by atoms with E-state index in [1.165, 1.54) is 18.7 Å². The number of nitrogens with one attached hydrogen (secondary N) is 1. The zero-order valence-electron chi connectivity index (χ0n) is 11.6. The van der Waals surface area contributed by atoms with Crippen molar-refractivity contribution in [2.24, 2.45) is 0 Å². The van der Waals surface area contributed by atoms with E-state index in [0.29, 0.717) is 11.3 Å². The fourth-order valence-electron chi connectivity index (χ4n) is 1.67. The predicted octanol–water partition coefficient (Wildman–Crippen LogP) is 3.89. The molecule has 2 atom stereocenters. The van der Waals surface area contributed by atoms with Crippen molar-refractivity contribution in [1.82, 2.24) is 4.98 Å². The van der Waals surface area contributed by atoms with E-state index in [9.17, 15) is 18.3 Å². The number of aryl methyl sites for hydroxylation is 1. The largest absolute Gasteiger partial charge is 0.418 e. The van der Waals surface area contributed by atoms with Gasteiger partial charge in [0.2, 0.25) is 0 Å². The van der Waals surface area contributed by atoms with Crippen LogP contribution in [0.15, 0.2) is 23.2 Å². The molecule has 0 aliphatic rings. The molecule has 0 saturated heterocycles. The number of pyridine rings is 1. The smallest absolute Gasteiger partial charge is 0.379 e. The molecular weight excluding hydrogens is 321 g/mol. The summed E-state index contributed by atoms with van der Waals surface area (Å²) >= 11 is 2.27. The minimum absolute atomic E-state index is 0.307. The Morgan fingerprint density at radius 2 is 2.14 bits per heavy atom. The maximum absolute atomic E-state index is 13.0. The fraction of sp³-hybridized carbons (Fsp3) is 0.538. The van der Waals surface area contributed by atoms with Gasteiger partial charge in [0.05, 0.1) is 5.25 Å². The number of aromatic nitrogens is 1. The predicted molar refractivity (Wildman–Crippen MR) is 81.2 cm³/mol. The Labute approximate surface area is 130 Å². The summed E-state index contributed by atoms with van der Waals surface area (Å²) in [5.41, 5.74) is -2.04. The van der Waals surface area contributed by atoms with Crippen LogP contribution in [0.3, 0.4) is 0 Å². The van der Waals surface area contributed by atoms with Crippen LogP contribution in [-0.4, -0.2) is 38.4 Å². The third-order valence-electron chi connectivity index (χ3n) is 2.99. The second-order valence-corrected chi connectivity index (χ2v) is 6.97. The summed E-state index contributed by atoms with van der Waals surface area (Å²) in [5, 5.41) is 16.0. The lowest BCUT2D eigenvalue weighted by Crippen LogP contribution is -2.53. The molecule has 0 radical (unpaired) electrons. The van der Waals surface area contributed by atoms with Crippen LogP contribution in [-0.2, 0) is 0 Å². The van der Waals surface area contributed by atoms with E-state index in [4.69, 9.17) is 5.41 Å². The van der Waals surface area contributed by atoms with Gasteiger partial charge in [0.1, 0.15) is 0 Å². The molecule has 0 amide bonds. The van der Waals surface area contributed by atoms with Crippen molar-refractivity contribution >= 4 is 29.7 Å². The summed E-state index contributed by atoms with van der Waals surface area (Å²) in [6, 6.07) is 3.60. The highest BCUT2D eigenvalue weighted by Crippen LogP contribution is 2.41. The van der Waals surface area contributed by atoms with Gasteiger partial charge < -0.3 is 10.5 Å². The first-order chi connectivity index (χ1) is 9.74. The molecule has 1 aromatic rings. The lowest BCUT2D eigenvalue weighted by atomic mass is 9.96. The zero-order valence-corrected chi connectivity index (χ0v) is 13.3. The summed E-state index contributed by atoms with van der Waals surface area (Å²) in [4.78, 5) is 4.93. The molecule has 0 spiro atoms. The molecule has 2 unspecified atom stereocenters. The first kappa shape index (κ1) is 18.3. The minimum atomic E-state index is -4.76. The zero-order chi connectivity index (χ0) is 16.1. The number of rotatable bonds is 7. The Bertz CT molecular complexity index is 485. The van der Waals surface area contributed by atoms with Crippen LogP contribution in [0.5, 0.6) is 0 Å². The Kier molecular flexibility index (Phi) is 6.55. The van der Waals surface area contributed by atoms with Crippen molar-refractivity contribution in [3.05, 3.63) is 24.0 Å². The lowest BCUT2D eigenvalue weighted by molar-refractivity contribution is -0.255. The summed E-state index contributed by atoms with van der Waals surface area (Å²) in [6.07, 6.45) is -2.94. The molecule has 118 valence electrons. The average Bonchev–Trinajstić information content (AvgIpc) is 2.41. The highest BCUT2D eigenvalue weighted by molar-refractivity contribution is 8.16. The minimum Gasteiger partial charge on any atom is -0.379 e. The van der Waals surface area contributed by atoms with Crippen molar-refractivity contribution < 1.29 is 18.3 Å². The van der Waals surface area contributed by atoms with Gasteiger partial charge in [-0.25, -0.2) is 0 Å². The van der Waals surface area contributed by atoms with Crippen LogP contribution in [0.25, 0.3) is 0 Å². The molecule has 21 heavy (non-hydrogen) atoms. The van der Waals surface area contributed by atoms with Gasteiger partial charge in [-0.2, -0.15) is 13.2 Å². The van der Waals surface area contributed by atoms with E-state index in [1.54, 1.807) is 12.3 Å². The average molecular weight is 338 g/mol. The van der Waals surface area contributed by atoms with Gasteiger partial charge in [0.15, 0.2) is 5.60 Å². The molecule has 0 saturated carbocycles. The number of halogens is 3. The molecule has 1 rings (SSSR count). The van der Waals surface area contributed by atoms with E-state index in [2.05, 4.69) is 4.98 Å². The third kappa shape index (κ3) is 4.62. The Hall–Kier alpha value is -0.730. The molecule has 1 heterocycles. The summed E-state index contributed by atoms with van der Waals surface area (Å²) in [5.74, 6) is 0. The highest BCUT2D eigenvalue weighted by Gasteiger charge is 2.56. The Morgan fingerprint density at radius 1 is 1.48 bits per heavy atom. The maximum atomic E-state index is 13.0. The third-order valence-corrected chi connectivity index (χ3v) is 5.48. The quantitative estimate of drug-likeness (QED) is 0.450. The van der Waals surface area contributed by atoms with Gasteiger partial charge in [0.25, 0.3) is 0 Å². The van der Waals surface area contributed by atoms with Gasteiger partial charge in [-0.3, -0.25) is 4.98 Å². The molecule has 0 aliphatic heterocycles. The molecule has 8 heteroatoms.